The van der Waals surface area contributed by atoms with Gasteiger partial charge in [-0.15, -0.1) is 6.58 Å². The number of H-pyrrole nitrogens is 1. The molecule has 0 aliphatic rings. The molecular weight excluding hydrogens is 172 g/mol. The Bertz CT molecular complexity index is 390. The molecule has 0 aliphatic heterocycles. The third kappa shape index (κ3) is 1.59. The first-order chi connectivity index (χ1) is 6.92. The molecule has 2 aromatic rings. The zero-order chi connectivity index (χ0) is 9.80. The van der Waals surface area contributed by atoms with Crippen LogP contribution in [0.2, 0.25) is 0 Å². The van der Waals surface area contributed by atoms with Crippen molar-refractivity contribution in [3.63, 3.8) is 0 Å². The summed E-state index contributed by atoms with van der Waals surface area (Å²) in [6.07, 6.45) is 3.68. The average Bonchev–Trinajstić information content (AvgIpc) is 2.74. The van der Waals surface area contributed by atoms with Crippen LogP contribution in [0.1, 0.15) is 17.2 Å². The lowest BCUT2D eigenvalue weighted by atomic mass is 9.96. The number of aromatic nitrogens is 2. The highest BCUT2D eigenvalue weighted by molar-refractivity contribution is 5.31. The fourth-order valence-electron chi connectivity index (χ4n) is 1.54. The molecule has 1 N–H and O–H groups in total. The van der Waals surface area contributed by atoms with Crippen LogP contribution in [0, 0.1) is 0 Å². The van der Waals surface area contributed by atoms with E-state index in [0.29, 0.717) is 0 Å². The van der Waals surface area contributed by atoms with Crippen LogP contribution < -0.4 is 0 Å². The zero-order valence-corrected chi connectivity index (χ0v) is 7.85. The summed E-state index contributed by atoms with van der Waals surface area (Å²) in [4.78, 5) is 0. The van der Waals surface area contributed by atoms with Crippen molar-refractivity contribution in [2.45, 2.75) is 5.92 Å². The number of benzene rings is 1. The number of nitrogens with zero attached hydrogens (tertiary/aromatic N) is 1. The van der Waals surface area contributed by atoms with Crippen LogP contribution in [0.25, 0.3) is 0 Å². The Hall–Kier alpha value is -1.83. The molecule has 70 valence electrons. The molecule has 0 saturated heterocycles. The molecule has 0 saturated carbocycles. The van der Waals surface area contributed by atoms with Crippen molar-refractivity contribution in [2.24, 2.45) is 0 Å². The van der Waals surface area contributed by atoms with Gasteiger partial charge in [0.1, 0.15) is 0 Å². The van der Waals surface area contributed by atoms with Gasteiger partial charge in [0.2, 0.25) is 0 Å². The van der Waals surface area contributed by atoms with Gasteiger partial charge < -0.3 is 0 Å². The summed E-state index contributed by atoms with van der Waals surface area (Å²) in [7, 11) is 0. The van der Waals surface area contributed by atoms with E-state index in [0.717, 1.165) is 5.69 Å². The Morgan fingerprint density at radius 2 is 2.00 bits per heavy atom. The Balaban J connectivity index is 2.36. The van der Waals surface area contributed by atoms with Crippen LogP contribution in [0.15, 0.2) is 55.3 Å². The molecule has 0 bridgehead atoms. The Labute approximate surface area is 83.3 Å². The number of aromatic amines is 1. The van der Waals surface area contributed by atoms with Gasteiger partial charge in [0, 0.05) is 17.8 Å². The lowest BCUT2D eigenvalue weighted by Gasteiger charge is -2.09. The van der Waals surface area contributed by atoms with Gasteiger partial charge in [-0.05, 0) is 11.6 Å². The van der Waals surface area contributed by atoms with Crippen molar-refractivity contribution in [1.82, 2.24) is 10.2 Å². The third-order valence-corrected chi connectivity index (χ3v) is 2.25. The molecule has 0 amide bonds. The lowest BCUT2D eigenvalue weighted by Crippen LogP contribution is -1.97. The van der Waals surface area contributed by atoms with Crippen LogP contribution >= 0.6 is 0 Å². The quantitative estimate of drug-likeness (QED) is 0.730. The highest BCUT2D eigenvalue weighted by Crippen LogP contribution is 2.22. The average molecular weight is 184 g/mol. The minimum atomic E-state index is 0.207. The number of hydrogen-bond donors (Lipinski definition) is 1. The molecule has 1 atom stereocenters. The van der Waals surface area contributed by atoms with Crippen LogP contribution in [0.3, 0.4) is 0 Å². The fraction of sp³-hybridized carbons (Fsp3) is 0.0833. The number of allylic oxidation sites excluding steroid dienone is 1. The SMILES string of the molecule is C=CC(c1ccccc1)c1ccn[nH]1. The van der Waals surface area contributed by atoms with Gasteiger partial charge in [-0.25, -0.2) is 0 Å². The highest BCUT2D eigenvalue weighted by atomic mass is 15.1. The summed E-state index contributed by atoms with van der Waals surface area (Å²) in [5, 5.41) is 6.91. The Kier molecular flexibility index (Phi) is 2.45. The van der Waals surface area contributed by atoms with Gasteiger partial charge in [0.25, 0.3) is 0 Å². The molecule has 0 radical (unpaired) electrons. The van der Waals surface area contributed by atoms with Gasteiger partial charge in [-0.2, -0.15) is 5.10 Å². The predicted octanol–water partition coefficient (Wildman–Crippen LogP) is 2.73. The van der Waals surface area contributed by atoms with E-state index < -0.39 is 0 Å². The van der Waals surface area contributed by atoms with Gasteiger partial charge in [-0.3, -0.25) is 5.10 Å². The zero-order valence-electron chi connectivity index (χ0n) is 7.85. The first-order valence-corrected chi connectivity index (χ1v) is 4.58. The monoisotopic (exact) mass is 184 g/mol. The molecule has 1 unspecified atom stereocenters. The molecule has 0 fully saturated rings. The van der Waals surface area contributed by atoms with Crippen LogP contribution in [-0.2, 0) is 0 Å². The minimum absolute atomic E-state index is 0.207. The molecule has 2 nitrogen and oxygen atoms in total. The number of hydrogen-bond acceptors (Lipinski definition) is 1. The number of rotatable bonds is 3. The molecule has 14 heavy (non-hydrogen) atoms. The maximum atomic E-state index is 3.94. The van der Waals surface area contributed by atoms with Gasteiger partial charge in [0.15, 0.2) is 0 Å². The van der Waals surface area contributed by atoms with Crippen molar-refractivity contribution in [2.75, 3.05) is 0 Å². The Morgan fingerprint density at radius 3 is 2.57 bits per heavy atom. The van der Waals surface area contributed by atoms with E-state index in [4.69, 9.17) is 0 Å². The van der Waals surface area contributed by atoms with Gasteiger partial charge in [-0.1, -0.05) is 36.4 Å². The molecular formula is C12H12N2. The molecule has 1 heterocycles. The summed E-state index contributed by atoms with van der Waals surface area (Å²) in [5.74, 6) is 0.207. The standard InChI is InChI=1S/C12H12N2/c1-2-11(12-8-9-13-14-12)10-6-4-3-5-7-10/h2-9,11H,1H2,(H,13,14). The van der Waals surface area contributed by atoms with E-state index in [1.807, 2.05) is 30.3 Å². The summed E-state index contributed by atoms with van der Waals surface area (Å²) in [6.45, 7) is 3.85. The van der Waals surface area contributed by atoms with E-state index >= 15 is 0 Å². The van der Waals surface area contributed by atoms with E-state index in [2.05, 4.69) is 28.9 Å². The van der Waals surface area contributed by atoms with E-state index in [-0.39, 0.29) is 5.92 Å². The molecule has 0 aliphatic carbocycles. The molecule has 1 aromatic heterocycles. The first-order valence-electron chi connectivity index (χ1n) is 4.58. The van der Waals surface area contributed by atoms with E-state index in [9.17, 15) is 0 Å². The first kappa shape index (κ1) is 8.75. The third-order valence-electron chi connectivity index (χ3n) is 2.25. The van der Waals surface area contributed by atoms with Crippen molar-refractivity contribution in [1.29, 1.82) is 0 Å². The summed E-state index contributed by atoms with van der Waals surface area (Å²) < 4.78 is 0. The second-order valence-corrected chi connectivity index (χ2v) is 3.14. The Morgan fingerprint density at radius 1 is 1.21 bits per heavy atom. The molecule has 2 rings (SSSR count). The van der Waals surface area contributed by atoms with Crippen LogP contribution in [0.5, 0.6) is 0 Å². The maximum Gasteiger partial charge on any atom is 0.0490 e. The van der Waals surface area contributed by atoms with Gasteiger partial charge in [0.05, 0.1) is 0 Å². The minimum Gasteiger partial charge on any atom is -0.282 e. The number of nitrogens with one attached hydrogen (secondary N) is 1. The van der Waals surface area contributed by atoms with Crippen LogP contribution in [-0.4, -0.2) is 10.2 Å². The summed E-state index contributed by atoms with van der Waals surface area (Å²) in [6, 6.07) is 12.2. The lowest BCUT2D eigenvalue weighted by molar-refractivity contribution is 0.923. The van der Waals surface area contributed by atoms with Crippen molar-refractivity contribution in [3.8, 4) is 0 Å². The second kappa shape index (κ2) is 3.92. The second-order valence-electron chi connectivity index (χ2n) is 3.14. The van der Waals surface area contributed by atoms with Crippen molar-refractivity contribution in [3.05, 3.63) is 66.5 Å². The van der Waals surface area contributed by atoms with E-state index in [1.54, 1.807) is 6.20 Å². The normalized spacial score (nSPS) is 12.3. The largest absolute Gasteiger partial charge is 0.282 e. The van der Waals surface area contributed by atoms with Crippen molar-refractivity contribution < 1.29 is 0 Å². The van der Waals surface area contributed by atoms with Crippen LogP contribution in [0.4, 0.5) is 0 Å². The van der Waals surface area contributed by atoms with Gasteiger partial charge >= 0.3 is 0 Å². The summed E-state index contributed by atoms with van der Waals surface area (Å²) in [5.41, 5.74) is 2.30. The highest BCUT2D eigenvalue weighted by Gasteiger charge is 2.10. The fourth-order valence-corrected chi connectivity index (χ4v) is 1.54. The maximum absolute atomic E-state index is 3.94. The molecule has 1 aromatic carbocycles. The topological polar surface area (TPSA) is 28.7 Å². The molecule has 0 spiro atoms. The summed E-state index contributed by atoms with van der Waals surface area (Å²) >= 11 is 0. The van der Waals surface area contributed by atoms with E-state index in [1.165, 1.54) is 5.56 Å². The smallest absolute Gasteiger partial charge is 0.0490 e. The molecule has 2 heteroatoms. The van der Waals surface area contributed by atoms with Crippen molar-refractivity contribution >= 4 is 0 Å². The predicted molar refractivity (Wildman–Crippen MR) is 57.1 cm³/mol.